The summed E-state index contributed by atoms with van der Waals surface area (Å²) in [7, 11) is 0. The van der Waals surface area contributed by atoms with Gasteiger partial charge in [-0.1, -0.05) is 35.0 Å². The summed E-state index contributed by atoms with van der Waals surface area (Å²) < 4.78 is 2.58. The summed E-state index contributed by atoms with van der Waals surface area (Å²) in [5, 5.41) is 12.0. The van der Waals surface area contributed by atoms with E-state index in [0.717, 1.165) is 20.6 Å². The SMILES string of the molecule is CSc1ccc(-n2c(-c3ccc(C)cc3)cc(=O)n(CC(C)=NO)c2=O)cc1. The van der Waals surface area contributed by atoms with Crippen LogP contribution in [0.5, 0.6) is 0 Å². The topological polar surface area (TPSA) is 76.6 Å². The quantitative estimate of drug-likeness (QED) is 0.310. The van der Waals surface area contributed by atoms with Gasteiger partial charge in [0.2, 0.25) is 0 Å². The third-order valence-electron chi connectivity index (χ3n) is 4.42. The van der Waals surface area contributed by atoms with E-state index in [1.54, 1.807) is 18.7 Å². The molecule has 0 spiro atoms. The van der Waals surface area contributed by atoms with Gasteiger partial charge in [-0.05, 0) is 49.9 Å². The Kier molecular flexibility index (Phi) is 5.84. The standard InChI is InChI=1S/C21H21N3O3S/c1-14-4-6-16(7-5-14)19-12-20(25)23(13-15(2)22-27)21(26)24(19)17-8-10-18(28-3)11-9-17/h4-12,27H,13H2,1-3H3. The lowest BCUT2D eigenvalue weighted by Crippen LogP contribution is -2.41. The molecule has 28 heavy (non-hydrogen) atoms. The smallest absolute Gasteiger partial charge is 0.336 e. The van der Waals surface area contributed by atoms with Crippen molar-refractivity contribution >= 4 is 17.5 Å². The molecule has 2 aromatic carbocycles. The molecule has 0 atom stereocenters. The van der Waals surface area contributed by atoms with Gasteiger partial charge in [0.25, 0.3) is 5.56 Å². The molecule has 1 N–H and O–H groups in total. The monoisotopic (exact) mass is 395 g/mol. The number of hydrogen-bond donors (Lipinski definition) is 1. The molecule has 0 saturated carbocycles. The van der Waals surface area contributed by atoms with E-state index < -0.39 is 11.2 Å². The van der Waals surface area contributed by atoms with Gasteiger partial charge in [-0.25, -0.2) is 4.79 Å². The molecule has 0 amide bonds. The zero-order valence-electron chi connectivity index (χ0n) is 15.9. The van der Waals surface area contributed by atoms with E-state index in [1.807, 2.05) is 61.7 Å². The maximum atomic E-state index is 13.2. The average molecular weight is 395 g/mol. The Bertz CT molecular complexity index is 1130. The fraction of sp³-hybridized carbons (Fsp3) is 0.190. The number of oxime groups is 1. The molecule has 0 saturated heterocycles. The second-order valence-electron chi connectivity index (χ2n) is 6.47. The van der Waals surface area contributed by atoms with Crippen molar-refractivity contribution in [3.8, 4) is 16.9 Å². The molecule has 0 bridgehead atoms. The summed E-state index contributed by atoms with van der Waals surface area (Å²) in [4.78, 5) is 27.0. The van der Waals surface area contributed by atoms with Crippen LogP contribution in [-0.4, -0.2) is 26.3 Å². The van der Waals surface area contributed by atoms with Crippen LogP contribution in [0.4, 0.5) is 0 Å². The Labute approximate surface area is 166 Å². The summed E-state index contributed by atoms with van der Waals surface area (Å²) in [6.07, 6.45) is 1.98. The van der Waals surface area contributed by atoms with Gasteiger partial charge in [-0.2, -0.15) is 0 Å². The van der Waals surface area contributed by atoms with Crippen molar-refractivity contribution in [1.29, 1.82) is 0 Å². The van der Waals surface area contributed by atoms with Gasteiger partial charge in [0.15, 0.2) is 0 Å². The molecular weight excluding hydrogens is 374 g/mol. The van der Waals surface area contributed by atoms with Crippen LogP contribution < -0.4 is 11.2 Å². The number of rotatable bonds is 5. The molecule has 1 heterocycles. The molecule has 0 unspecified atom stereocenters. The minimum atomic E-state index is -0.483. The second-order valence-corrected chi connectivity index (χ2v) is 7.35. The van der Waals surface area contributed by atoms with E-state index in [9.17, 15) is 9.59 Å². The van der Waals surface area contributed by atoms with Gasteiger partial charge < -0.3 is 5.21 Å². The fourth-order valence-corrected chi connectivity index (χ4v) is 3.31. The minimum Gasteiger partial charge on any atom is -0.411 e. The van der Waals surface area contributed by atoms with E-state index >= 15 is 0 Å². The first kappa shape index (κ1) is 19.7. The van der Waals surface area contributed by atoms with Crippen LogP contribution in [0.25, 0.3) is 16.9 Å². The summed E-state index contributed by atoms with van der Waals surface area (Å²) in [6.45, 7) is 3.45. The van der Waals surface area contributed by atoms with E-state index in [0.29, 0.717) is 11.4 Å². The van der Waals surface area contributed by atoms with Crippen molar-refractivity contribution in [2.75, 3.05) is 6.26 Å². The number of nitrogens with zero attached hydrogens (tertiary/aromatic N) is 3. The molecule has 0 radical (unpaired) electrons. The summed E-state index contributed by atoms with van der Waals surface area (Å²) in [5.74, 6) is 0. The van der Waals surface area contributed by atoms with E-state index in [1.165, 1.54) is 10.6 Å². The van der Waals surface area contributed by atoms with Gasteiger partial charge in [0, 0.05) is 11.0 Å². The fourth-order valence-electron chi connectivity index (χ4n) is 2.90. The van der Waals surface area contributed by atoms with Gasteiger partial charge in [0.1, 0.15) is 0 Å². The van der Waals surface area contributed by atoms with E-state index in [-0.39, 0.29) is 12.3 Å². The van der Waals surface area contributed by atoms with Crippen molar-refractivity contribution in [2.24, 2.45) is 5.16 Å². The molecule has 7 heteroatoms. The van der Waals surface area contributed by atoms with E-state index in [4.69, 9.17) is 5.21 Å². The minimum absolute atomic E-state index is 0.0781. The summed E-state index contributed by atoms with van der Waals surface area (Å²) in [6, 6.07) is 16.7. The number of hydrogen-bond acceptors (Lipinski definition) is 5. The Morgan fingerprint density at radius 2 is 1.71 bits per heavy atom. The molecule has 0 aliphatic heterocycles. The Morgan fingerprint density at radius 1 is 1.07 bits per heavy atom. The number of thioether (sulfide) groups is 1. The van der Waals surface area contributed by atoms with Crippen LogP contribution in [0.1, 0.15) is 12.5 Å². The maximum absolute atomic E-state index is 13.2. The molecule has 6 nitrogen and oxygen atoms in total. The molecule has 144 valence electrons. The molecule has 0 fully saturated rings. The Morgan fingerprint density at radius 3 is 2.29 bits per heavy atom. The highest BCUT2D eigenvalue weighted by atomic mass is 32.2. The second kappa shape index (κ2) is 8.31. The van der Waals surface area contributed by atoms with Crippen molar-refractivity contribution in [2.45, 2.75) is 25.3 Å². The lowest BCUT2D eigenvalue weighted by atomic mass is 10.1. The predicted octanol–water partition coefficient (Wildman–Crippen LogP) is 3.55. The third-order valence-corrected chi connectivity index (χ3v) is 5.17. The molecule has 3 aromatic rings. The Hall–Kier alpha value is -3.06. The molecule has 0 aliphatic carbocycles. The van der Waals surface area contributed by atoms with Crippen LogP contribution in [0, 0.1) is 6.92 Å². The first-order valence-corrected chi connectivity index (χ1v) is 9.93. The third kappa shape index (κ3) is 3.94. The van der Waals surface area contributed by atoms with E-state index in [2.05, 4.69) is 5.16 Å². The first-order chi connectivity index (χ1) is 13.4. The highest BCUT2D eigenvalue weighted by Gasteiger charge is 2.15. The molecular formula is C21H21N3O3S. The molecule has 1 aromatic heterocycles. The van der Waals surface area contributed by atoms with Crippen molar-refractivity contribution in [1.82, 2.24) is 9.13 Å². The number of aromatic nitrogens is 2. The summed E-state index contributed by atoms with van der Waals surface area (Å²) in [5.41, 5.74) is 2.38. The molecule has 0 aliphatic rings. The van der Waals surface area contributed by atoms with Crippen LogP contribution >= 0.6 is 11.8 Å². The van der Waals surface area contributed by atoms with Crippen molar-refractivity contribution in [3.63, 3.8) is 0 Å². The number of aryl methyl sites for hydroxylation is 1. The van der Waals surface area contributed by atoms with Crippen LogP contribution in [0.3, 0.4) is 0 Å². The van der Waals surface area contributed by atoms with Gasteiger partial charge in [0.05, 0.1) is 23.6 Å². The van der Waals surface area contributed by atoms with Gasteiger partial charge in [-0.15, -0.1) is 11.8 Å². The Balaban J connectivity index is 2.30. The van der Waals surface area contributed by atoms with Crippen molar-refractivity contribution in [3.05, 3.63) is 81.0 Å². The first-order valence-electron chi connectivity index (χ1n) is 8.70. The highest BCUT2D eigenvalue weighted by Crippen LogP contribution is 2.22. The van der Waals surface area contributed by atoms with Gasteiger partial charge >= 0.3 is 5.69 Å². The summed E-state index contributed by atoms with van der Waals surface area (Å²) >= 11 is 1.61. The average Bonchev–Trinajstić information content (AvgIpc) is 2.71. The van der Waals surface area contributed by atoms with Crippen LogP contribution in [0.2, 0.25) is 0 Å². The lowest BCUT2D eigenvalue weighted by molar-refractivity contribution is 0.316. The highest BCUT2D eigenvalue weighted by molar-refractivity contribution is 7.98. The van der Waals surface area contributed by atoms with Crippen LogP contribution in [0.15, 0.2) is 74.2 Å². The zero-order valence-corrected chi connectivity index (χ0v) is 16.7. The maximum Gasteiger partial charge on any atom is 0.336 e. The normalized spacial score (nSPS) is 11.6. The predicted molar refractivity (Wildman–Crippen MR) is 113 cm³/mol. The van der Waals surface area contributed by atoms with Crippen LogP contribution in [-0.2, 0) is 6.54 Å². The van der Waals surface area contributed by atoms with Crippen molar-refractivity contribution < 1.29 is 5.21 Å². The molecule has 3 rings (SSSR count). The zero-order chi connectivity index (χ0) is 20.3. The largest absolute Gasteiger partial charge is 0.411 e. The number of benzene rings is 2. The van der Waals surface area contributed by atoms with Gasteiger partial charge in [-0.3, -0.25) is 13.9 Å². The lowest BCUT2D eigenvalue weighted by Gasteiger charge is -2.16.